The lowest BCUT2D eigenvalue weighted by Crippen LogP contribution is -2.44. The number of nitrogens with zero attached hydrogens (tertiary/aromatic N) is 5. The molecule has 2 atom stereocenters. The van der Waals surface area contributed by atoms with Gasteiger partial charge in [0, 0.05) is 57.4 Å². The Morgan fingerprint density at radius 1 is 0.792 bits per heavy atom. The summed E-state index contributed by atoms with van der Waals surface area (Å²) < 4.78 is 17.9. The number of methoxy groups -OCH3 is 1. The minimum absolute atomic E-state index is 0.0540. The summed E-state index contributed by atoms with van der Waals surface area (Å²) in [6.45, 7) is 4.36. The summed E-state index contributed by atoms with van der Waals surface area (Å²) in [5, 5.41) is 0. The molecule has 1 fully saturated rings. The largest absolute Gasteiger partial charge is 0.493 e. The Morgan fingerprint density at radius 2 is 1.48 bits per heavy atom. The van der Waals surface area contributed by atoms with E-state index in [1.165, 1.54) is 11.1 Å². The Labute approximate surface area is 282 Å². The van der Waals surface area contributed by atoms with Gasteiger partial charge >= 0.3 is 0 Å². The maximum Gasteiger partial charge on any atom is 0.257 e. The zero-order valence-electron chi connectivity index (χ0n) is 28.2. The van der Waals surface area contributed by atoms with E-state index in [-0.39, 0.29) is 23.9 Å². The van der Waals surface area contributed by atoms with Crippen molar-refractivity contribution >= 4 is 41.3 Å². The highest BCUT2D eigenvalue weighted by Gasteiger charge is 2.34. The van der Waals surface area contributed by atoms with E-state index >= 15 is 0 Å². The predicted octanol–water partition coefficient (Wildman–Crippen LogP) is 6.30. The average molecular weight is 650 g/mol. The lowest BCUT2D eigenvalue weighted by Gasteiger charge is -2.34. The number of unbranched alkanes of at least 4 members (excludes halogenated alkanes) is 2. The topological polar surface area (TPSA) is 96.3 Å². The predicted molar refractivity (Wildman–Crippen MR) is 188 cm³/mol. The van der Waals surface area contributed by atoms with Crippen molar-refractivity contribution in [3.05, 3.63) is 70.3 Å². The van der Waals surface area contributed by atoms with E-state index in [1.54, 1.807) is 13.2 Å². The van der Waals surface area contributed by atoms with Crippen molar-refractivity contribution in [2.24, 2.45) is 9.98 Å². The van der Waals surface area contributed by atoms with Gasteiger partial charge in [0.05, 0.1) is 54.9 Å². The summed E-state index contributed by atoms with van der Waals surface area (Å²) in [6, 6.07) is 13.8. The molecule has 10 heteroatoms. The normalized spacial score (nSPS) is 19.1. The highest BCUT2D eigenvalue weighted by atomic mass is 16.5. The number of aryl methyl sites for hydroxylation is 1. The molecular formula is C38H43N5O5. The zero-order valence-corrected chi connectivity index (χ0v) is 28.2. The Morgan fingerprint density at radius 3 is 2.23 bits per heavy atom. The number of amides is 2. The van der Waals surface area contributed by atoms with Crippen molar-refractivity contribution in [3.63, 3.8) is 0 Å². The minimum atomic E-state index is -0.109. The van der Waals surface area contributed by atoms with E-state index in [0.717, 1.165) is 62.1 Å². The summed E-state index contributed by atoms with van der Waals surface area (Å²) in [7, 11) is 5.64. The van der Waals surface area contributed by atoms with Crippen LogP contribution in [0, 0.1) is 6.92 Å². The third-order valence-electron chi connectivity index (χ3n) is 9.81. The van der Waals surface area contributed by atoms with Crippen LogP contribution < -0.4 is 19.1 Å². The van der Waals surface area contributed by atoms with Crippen molar-refractivity contribution in [2.75, 3.05) is 45.9 Å². The molecule has 0 spiro atoms. The van der Waals surface area contributed by atoms with Crippen LogP contribution in [0.1, 0.15) is 69.5 Å². The van der Waals surface area contributed by atoms with E-state index in [2.05, 4.69) is 28.1 Å². The van der Waals surface area contributed by atoms with Gasteiger partial charge in [0.2, 0.25) is 0 Å². The lowest BCUT2D eigenvalue weighted by molar-refractivity contribution is 0.0702. The fourth-order valence-electron chi connectivity index (χ4n) is 7.03. The Bertz CT molecular complexity index is 1800. The van der Waals surface area contributed by atoms with Crippen molar-refractivity contribution in [2.45, 2.75) is 64.1 Å². The van der Waals surface area contributed by atoms with Gasteiger partial charge in [-0.3, -0.25) is 19.6 Å². The van der Waals surface area contributed by atoms with Crippen LogP contribution in [0.15, 0.2) is 52.4 Å². The first-order valence-electron chi connectivity index (χ1n) is 16.9. The molecule has 7 rings (SSSR count). The molecule has 0 aliphatic carbocycles. The van der Waals surface area contributed by atoms with Gasteiger partial charge in [-0.2, -0.15) is 0 Å². The van der Waals surface area contributed by atoms with Crippen LogP contribution in [0.25, 0.3) is 0 Å². The van der Waals surface area contributed by atoms with Crippen molar-refractivity contribution in [1.29, 1.82) is 0 Å². The molecule has 0 aromatic heterocycles. The second-order valence-electron chi connectivity index (χ2n) is 13.2. The molecule has 250 valence electrons. The summed E-state index contributed by atoms with van der Waals surface area (Å²) in [5.74, 6) is 1.87. The highest BCUT2D eigenvalue weighted by Crippen LogP contribution is 2.39. The molecule has 4 aliphatic rings. The zero-order chi connectivity index (χ0) is 33.4. The number of aliphatic imine (C=N–C) groups is 2. The number of anilines is 1. The number of ether oxygens (including phenoxy) is 3. The van der Waals surface area contributed by atoms with Gasteiger partial charge in [0.25, 0.3) is 11.8 Å². The molecular weight excluding hydrogens is 606 g/mol. The number of benzene rings is 3. The third-order valence-corrected chi connectivity index (χ3v) is 9.81. The van der Waals surface area contributed by atoms with E-state index in [0.29, 0.717) is 53.8 Å². The standard InChI is InChI=1S/C38H43N5O5/c1-24-15-30-32(39-21-28-9-8-12-42(28)37(30)44)19-34(24)47-13-6-5-7-14-48-36-20-33-31(18-35(36)46-4)38(45)43-23-26-17-27(41(2)3)11-10-25(26)16-29(43)22-40-33/h10-11,15,17-22,28-29H,5-9,12-14,16,23H2,1-4H3. The second-order valence-corrected chi connectivity index (χ2v) is 13.2. The second kappa shape index (κ2) is 13.3. The van der Waals surface area contributed by atoms with Crippen LogP contribution in [0.4, 0.5) is 17.1 Å². The molecule has 2 unspecified atom stereocenters. The van der Waals surface area contributed by atoms with Crippen LogP contribution in [0.3, 0.4) is 0 Å². The molecule has 10 nitrogen and oxygen atoms in total. The van der Waals surface area contributed by atoms with Crippen LogP contribution >= 0.6 is 0 Å². The van der Waals surface area contributed by atoms with Crippen LogP contribution in [-0.4, -0.2) is 87.1 Å². The van der Waals surface area contributed by atoms with Gasteiger partial charge in [-0.1, -0.05) is 6.07 Å². The molecule has 2 amide bonds. The van der Waals surface area contributed by atoms with Gasteiger partial charge < -0.3 is 28.9 Å². The number of rotatable bonds is 10. The molecule has 0 bridgehead atoms. The van der Waals surface area contributed by atoms with Gasteiger partial charge in [-0.25, -0.2) is 0 Å². The van der Waals surface area contributed by atoms with Gasteiger partial charge in [0.1, 0.15) is 5.75 Å². The molecule has 0 radical (unpaired) electrons. The molecule has 4 heterocycles. The fourth-order valence-corrected chi connectivity index (χ4v) is 7.03. The minimum Gasteiger partial charge on any atom is -0.493 e. The lowest BCUT2D eigenvalue weighted by atomic mass is 9.93. The molecule has 0 saturated carbocycles. The molecule has 0 N–H and O–H groups in total. The van der Waals surface area contributed by atoms with Crippen molar-refractivity contribution in [3.8, 4) is 17.2 Å². The summed E-state index contributed by atoms with van der Waals surface area (Å²) in [5.41, 5.74) is 6.93. The van der Waals surface area contributed by atoms with E-state index in [1.807, 2.05) is 61.4 Å². The summed E-state index contributed by atoms with van der Waals surface area (Å²) in [6.07, 6.45) is 9.11. The average Bonchev–Trinajstić information content (AvgIpc) is 3.47. The van der Waals surface area contributed by atoms with E-state index < -0.39 is 0 Å². The smallest absolute Gasteiger partial charge is 0.257 e. The number of carbonyl (C=O) groups is 2. The van der Waals surface area contributed by atoms with E-state index in [9.17, 15) is 9.59 Å². The van der Waals surface area contributed by atoms with Crippen LogP contribution in [0.5, 0.6) is 17.2 Å². The van der Waals surface area contributed by atoms with Crippen LogP contribution in [-0.2, 0) is 13.0 Å². The Kier molecular flexibility index (Phi) is 8.81. The Hall–Kier alpha value is -4.86. The molecule has 3 aromatic rings. The maximum atomic E-state index is 13.8. The first-order chi connectivity index (χ1) is 23.3. The number of hydrogen-bond donors (Lipinski definition) is 0. The molecule has 4 aliphatic heterocycles. The SMILES string of the molecule is COc1cc2c(cc1OCCCCCOc1cc3c(cc1C)C(=O)N1CCCC1C=N3)N=CC1Cc3ccc(N(C)C)cc3CN1C2=O. The quantitative estimate of drug-likeness (QED) is 0.239. The summed E-state index contributed by atoms with van der Waals surface area (Å²) in [4.78, 5) is 42.2. The first-order valence-corrected chi connectivity index (χ1v) is 16.9. The molecule has 48 heavy (non-hydrogen) atoms. The van der Waals surface area contributed by atoms with Gasteiger partial charge in [-0.05, 0) is 86.4 Å². The monoisotopic (exact) mass is 649 g/mol. The molecule has 1 saturated heterocycles. The number of carbonyl (C=O) groups excluding carboxylic acids is 2. The third kappa shape index (κ3) is 6.11. The van der Waals surface area contributed by atoms with E-state index in [4.69, 9.17) is 19.2 Å². The Balaban J connectivity index is 0.936. The number of hydrogen-bond acceptors (Lipinski definition) is 8. The van der Waals surface area contributed by atoms with Crippen molar-refractivity contribution in [1.82, 2.24) is 9.80 Å². The highest BCUT2D eigenvalue weighted by molar-refractivity contribution is 6.04. The van der Waals surface area contributed by atoms with Gasteiger partial charge in [-0.15, -0.1) is 0 Å². The van der Waals surface area contributed by atoms with Crippen LogP contribution in [0.2, 0.25) is 0 Å². The maximum absolute atomic E-state index is 13.8. The first kappa shape index (κ1) is 31.7. The fraction of sp³-hybridized carbons (Fsp3) is 0.421. The molecule has 3 aromatic carbocycles. The van der Waals surface area contributed by atoms with Gasteiger partial charge in [0.15, 0.2) is 11.5 Å². The number of fused-ring (bicyclic) bond motifs is 5. The van der Waals surface area contributed by atoms with Crippen molar-refractivity contribution < 1.29 is 23.8 Å². The summed E-state index contributed by atoms with van der Waals surface area (Å²) >= 11 is 0.